The van der Waals surface area contributed by atoms with E-state index in [0.29, 0.717) is 0 Å². The third-order valence-corrected chi connectivity index (χ3v) is 3.15. The quantitative estimate of drug-likeness (QED) is 0.795. The largest absolute Gasteiger partial charge is 0.472 e. The van der Waals surface area contributed by atoms with E-state index in [1.807, 2.05) is 12.3 Å². The molecule has 78 valence electrons. The normalized spacial score (nSPS) is 26.9. The molecule has 1 aromatic heterocycles. The number of rotatable bonds is 4. The lowest BCUT2D eigenvalue weighted by Crippen LogP contribution is -2.20. The summed E-state index contributed by atoms with van der Waals surface area (Å²) in [7, 11) is 0. The molecule has 2 unspecified atom stereocenters. The molecule has 1 saturated carbocycles. The highest BCUT2D eigenvalue weighted by molar-refractivity contribution is 5.04. The molecule has 1 fully saturated rings. The van der Waals surface area contributed by atoms with Gasteiger partial charge in [-0.15, -0.1) is 0 Å². The van der Waals surface area contributed by atoms with E-state index in [2.05, 4.69) is 12.2 Å². The molecule has 1 aliphatic rings. The highest BCUT2D eigenvalue weighted by Crippen LogP contribution is 2.29. The summed E-state index contributed by atoms with van der Waals surface area (Å²) in [6, 6.07) is 2.02. The van der Waals surface area contributed by atoms with Crippen molar-refractivity contribution < 1.29 is 4.42 Å². The van der Waals surface area contributed by atoms with Crippen LogP contribution >= 0.6 is 0 Å². The molecule has 2 atom stereocenters. The van der Waals surface area contributed by atoms with Crippen LogP contribution in [0.3, 0.4) is 0 Å². The molecule has 0 spiro atoms. The average Bonchev–Trinajstić information content (AvgIpc) is 2.77. The summed E-state index contributed by atoms with van der Waals surface area (Å²) in [5.41, 5.74) is 1.25. The zero-order valence-corrected chi connectivity index (χ0v) is 8.83. The van der Waals surface area contributed by atoms with Gasteiger partial charge in [0.15, 0.2) is 0 Å². The van der Waals surface area contributed by atoms with Gasteiger partial charge in [0.25, 0.3) is 0 Å². The molecule has 2 heteroatoms. The standard InChI is InChI=1S/C12H19NO/c1-10-2-3-11(6-10)7-13-8-12-4-5-14-9-12/h4-5,9-11,13H,2-3,6-8H2,1H3. The third-order valence-electron chi connectivity index (χ3n) is 3.15. The van der Waals surface area contributed by atoms with Crippen molar-refractivity contribution in [3.05, 3.63) is 24.2 Å². The molecule has 2 rings (SSSR count). The van der Waals surface area contributed by atoms with Gasteiger partial charge in [-0.05, 0) is 37.3 Å². The zero-order chi connectivity index (χ0) is 9.80. The zero-order valence-electron chi connectivity index (χ0n) is 8.83. The molecule has 0 aliphatic heterocycles. The molecule has 1 N–H and O–H groups in total. The molecular formula is C12H19NO. The Morgan fingerprint density at radius 3 is 3.07 bits per heavy atom. The summed E-state index contributed by atoms with van der Waals surface area (Å²) in [6.45, 7) is 4.47. The van der Waals surface area contributed by atoms with Gasteiger partial charge >= 0.3 is 0 Å². The average molecular weight is 193 g/mol. The first-order chi connectivity index (χ1) is 6.84. The predicted octanol–water partition coefficient (Wildman–Crippen LogP) is 2.81. The smallest absolute Gasteiger partial charge is 0.0947 e. The molecule has 1 heterocycles. The van der Waals surface area contributed by atoms with E-state index >= 15 is 0 Å². The van der Waals surface area contributed by atoms with Gasteiger partial charge in [-0.1, -0.05) is 13.3 Å². The van der Waals surface area contributed by atoms with Gasteiger partial charge in [-0.2, -0.15) is 0 Å². The monoisotopic (exact) mass is 193 g/mol. The number of hydrogen-bond donors (Lipinski definition) is 1. The lowest BCUT2D eigenvalue weighted by Gasteiger charge is -2.09. The van der Waals surface area contributed by atoms with Gasteiger partial charge in [0.05, 0.1) is 12.5 Å². The predicted molar refractivity (Wildman–Crippen MR) is 56.9 cm³/mol. The van der Waals surface area contributed by atoms with E-state index in [9.17, 15) is 0 Å². The van der Waals surface area contributed by atoms with Crippen molar-refractivity contribution in [3.63, 3.8) is 0 Å². The van der Waals surface area contributed by atoms with Crippen LogP contribution in [0.15, 0.2) is 23.0 Å². The minimum absolute atomic E-state index is 0.900. The maximum Gasteiger partial charge on any atom is 0.0947 e. The maximum atomic E-state index is 5.01. The summed E-state index contributed by atoms with van der Waals surface area (Å²) >= 11 is 0. The number of nitrogens with one attached hydrogen (secondary N) is 1. The van der Waals surface area contributed by atoms with Crippen molar-refractivity contribution >= 4 is 0 Å². The Balaban J connectivity index is 1.64. The van der Waals surface area contributed by atoms with Gasteiger partial charge in [-0.25, -0.2) is 0 Å². The van der Waals surface area contributed by atoms with Crippen molar-refractivity contribution in [2.24, 2.45) is 11.8 Å². The molecule has 0 bridgehead atoms. The number of furan rings is 1. The van der Waals surface area contributed by atoms with E-state index in [0.717, 1.165) is 24.9 Å². The molecular weight excluding hydrogens is 174 g/mol. The second kappa shape index (κ2) is 4.65. The fourth-order valence-corrected chi connectivity index (χ4v) is 2.32. The van der Waals surface area contributed by atoms with Gasteiger partial charge in [-0.3, -0.25) is 0 Å². The van der Waals surface area contributed by atoms with Crippen LogP contribution in [0.1, 0.15) is 31.7 Å². The molecule has 2 nitrogen and oxygen atoms in total. The van der Waals surface area contributed by atoms with Gasteiger partial charge in [0.1, 0.15) is 0 Å². The van der Waals surface area contributed by atoms with E-state index in [4.69, 9.17) is 4.42 Å². The van der Waals surface area contributed by atoms with Crippen molar-refractivity contribution in [2.75, 3.05) is 6.54 Å². The summed E-state index contributed by atoms with van der Waals surface area (Å²) < 4.78 is 5.01. The Morgan fingerprint density at radius 2 is 2.43 bits per heavy atom. The second-order valence-electron chi connectivity index (χ2n) is 4.55. The van der Waals surface area contributed by atoms with Gasteiger partial charge in [0.2, 0.25) is 0 Å². The Bertz CT molecular complexity index is 255. The molecule has 0 aromatic carbocycles. The fraction of sp³-hybridized carbons (Fsp3) is 0.667. The minimum atomic E-state index is 0.900. The minimum Gasteiger partial charge on any atom is -0.472 e. The molecule has 1 aliphatic carbocycles. The highest BCUT2D eigenvalue weighted by Gasteiger charge is 2.20. The molecule has 14 heavy (non-hydrogen) atoms. The lowest BCUT2D eigenvalue weighted by atomic mass is 10.1. The van der Waals surface area contributed by atoms with Crippen molar-refractivity contribution in [2.45, 2.75) is 32.7 Å². The van der Waals surface area contributed by atoms with Crippen molar-refractivity contribution in [1.82, 2.24) is 5.32 Å². The van der Waals surface area contributed by atoms with E-state index in [1.165, 1.54) is 24.8 Å². The van der Waals surface area contributed by atoms with Crippen LogP contribution in [-0.2, 0) is 6.54 Å². The SMILES string of the molecule is CC1CCC(CNCc2ccoc2)C1. The summed E-state index contributed by atoms with van der Waals surface area (Å²) in [5, 5.41) is 3.49. The first kappa shape index (κ1) is 9.78. The topological polar surface area (TPSA) is 25.2 Å². The second-order valence-corrected chi connectivity index (χ2v) is 4.55. The van der Waals surface area contributed by atoms with Crippen LogP contribution in [0.25, 0.3) is 0 Å². The van der Waals surface area contributed by atoms with Crippen LogP contribution in [0.4, 0.5) is 0 Å². The van der Waals surface area contributed by atoms with Crippen LogP contribution in [0.5, 0.6) is 0 Å². The fourth-order valence-electron chi connectivity index (χ4n) is 2.32. The number of hydrogen-bond acceptors (Lipinski definition) is 2. The summed E-state index contributed by atoms with van der Waals surface area (Å²) in [4.78, 5) is 0. The lowest BCUT2D eigenvalue weighted by molar-refractivity contribution is 0.469. The van der Waals surface area contributed by atoms with E-state index in [-0.39, 0.29) is 0 Å². The van der Waals surface area contributed by atoms with Crippen molar-refractivity contribution in [3.8, 4) is 0 Å². The first-order valence-electron chi connectivity index (χ1n) is 5.56. The Hall–Kier alpha value is -0.760. The Kier molecular flexibility index (Phi) is 3.25. The van der Waals surface area contributed by atoms with Gasteiger partial charge in [0, 0.05) is 12.1 Å². The van der Waals surface area contributed by atoms with Crippen LogP contribution in [0.2, 0.25) is 0 Å². The van der Waals surface area contributed by atoms with Crippen LogP contribution < -0.4 is 5.32 Å². The van der Waals surface area contributed by atoms with Crippen molar-refractivity contribution in [1.29, 1.82) is 0 Å². The third kappa shape index (κ3) is 2.61. The Labute approximate surface area is 85.7 Å². The molecule has 0 radical (unpaired) electrons. The molecule has 0 amide bonds. The highest BCUT2D eigenvalue weighted by atomic mass is 16.3. The Morgan fingerprint density at radius 1 is 1.50 bits per heavy atom. The van der Waals surface area contributed by atoms with Gasteiger partial charge < -0.3 is 9.73 Å². The first-order valence-corrected chi connectivity index (χ1v) is 5.56. The van der Waals surface area contributed by atoms with E-state index < -0.39 is 0 Å². The van der Waals surface area contributed by atoms with Crippen LogP contribution in [-0.4, -0.2) is 6.54 Å². The molecule has 1 aromatic rings. The summed E-state index contributed by atoms with van der Waals surface area (Å²) in [5.74, 6) is 1.84. The summed E-state index contributed by atoms with van der Waals surface area (Å²) in [6.07, 6.45) is 7.76. The van der Waals surface area contributed by atoms with E-state index in [1.54, 1.807) is 6.26 Å². The molecule has 0 saturated heterocycles. The maximum absolute atomic E-state index is 5.01. The van der Waals surface area contributed by atoms with Crippen LogP contribution in [0, 0.1) is 11.8 Å².